The first-order valence-electron chi connectivity index (χ1n) is 10.2. The van der Waals surface area contributed by atoms with Gasteiger partial charge in [-0.3, -0.25) is 14.6 Å². The van der Waals surface area contributed by atoms with Gasteiger partial charge >= 0.3 is 0 Å². The Hall–Kier alpha value is -2.69. The number of Topliss-reactive ketones (excluding diaryl/α,β-unsaturated/α-hetero) is 1. The number of benzene rings is 1. The van der Waals surface area contributed by atoms with Gasteiger partial charge in [0.15, 0.2) is 5.78 Å². The van der Waals surface area contributed by atoms with Crippen LogP contribution in [0.15, 0.2) is 54.3 Å². The first-order chi connectivity index (χ1) is 14.6. The highest BCUT2D eigenvalue weighted by Gasteiger charge is 2.35. The van der Waals surface area contributed by atoms with Crippen LogP contribution in [0.5, 0.6) is 0 Å². The van der Waals surface area contributed by atoms with Gasteiger partial charge in [-0.2, -0.15) is 0 Å². The molecule has 2 atom stereocenters. The number of piperazine rings is 1. The van der Waals surface area contributed by atoms with Crippen molar-refractivity contribution in [2.45, 2.75) is 19.1 Å². The molecular weight excluding hydrogens is 378 g/mol. The van der Waals surface area contributed by atoms with Gasteiger partial charge in [0.05, 0.1) is 12.6 Å². The van der Waals surface area contributed by atoms with Gasteiger partial charge in [-0.15, -0.1) is 6.42 Å². The van der Waals surface area contributed by atoms with E-state index in [0.29, 0.717) is 25.2 Å². The molecule has 0 radical (unpaired) electrons. The fourth-order valence-corrected chi connectivity index (χ4v) is 4.09. The zero-order valence-corrected chi connectivity index (χ0v) is 17.3. The summed E-state index contributed by atoms with van der Waals surface area (Å²) >= 11 is 0. The maximum Gasteiger partial charge on any atom is 0.195 e. The molecule has 6 heteroatoms. The van der Waals surface area contributed by atoms with Gasteiger partial charge in [0.2, 0.25) is 0 Å². The van der Waals surface area contributed by atoms with Gasteiger partial charge in [0.1, 0.15) is 6.10 Å². The summed E-state index contributed by atoms with van der Waals surface area (Å²) in [5, 5.41) is 21.2. The van der Waals surface area contributed by atoms with Crippen LogP contribution in [-0.4, -0.2) is 82.3 Å². The minimum Gasteiger partial charge on any atom is -0.395 e. The van der Waals surface area contributed by atoms with Crippen LogP contribution in [0.2, 0.25) is 0 Å². The van der Waals surface area contributed by atoms with Crippen LogP contribution in [-0.2, 0) is 0 Å². The molecule has 0 spiro atoms. The molecule has 0 saturated carbocycles. The van der Waals surface area contributed by atoms with Crippen LogP contribution >= 0.6 is 0 Å². The normalized spacial score (nSPS) is 18.5. The Labute approximate surface area is 177 Å². The van der Waals surface area contributed by atoms with E-state index in [2.05, 4.69) is 20.7 Å². The maximum absolute atomic E-state index is 13.3. The van der Waals surface area contributed by atoms with Crippen molar-refractivity contribution in [3.05, 3.63) is 59.8 Å². The standard InChI is InChI=1S/C24H29N3O3/c1-3-5-8-18(4-2)22(27-13-11-26(12-14-27)15-16-28)24(30)23(29)20-17-25-21-10-7-6-9-19(20)21/h1,4-10,17,22,24-25,28,30H,11-16H2,2H3/b8-5-,18-4+. The third kappa shape index (κ3) is 4.72. The Morgan fingerprint density at radius 2 is 2.03 bits per heavy atom. The summed E-state index contributed by atoms with van der Waals surface area (Å²) in [5.74, 6) is 2.17. The average Bonchev–Trinajstić information content (AvgIpc) is 3.21. The number of carbonyl (C=O) groups is 1. The Morgan fingerprint density at radius 1 is 1.30 bits per heavy atom. The predicted octanol–water partition coefficient (Wildman–Crippen LogP) is 1.83. The Morgan fingerprint density at radius 3 is 2.70 bits per heavy atom. The summed E-state index contributed by atoms with van der Waals surface area (Å²) in [6.45, 7) is 5.53. The largest absolute Gasteiger partial charge is 0.395 e. The number of aliphatic hydroxyl groups excluding tert-OH is 2. The highest BCUT2D eigenvalue weighted by Crippen LogP contribution is 2.25. The number of rotatable bonds is 8. The van der Waals surface area contributed by atoms with Crippen molar-refractivity contribution >= 4 is 16.7 Å². The van der Waals surface area contributed by atoms with Gasteiger partial charge < -0.3 is 15.2 Å². The van der Waals surface area contributed by atoms with Crippen molar-refractivity contribution in [1.82, 2.24) is 14.8 Å². The van der Waals surface area contributed by atoms with Crippen LogP contribution < -0.4 is 0 Å². The fourth-order valence-electron chi connectivity index (χ4n) is 4.09. The molecule has 0 aliphatic carbocycles. The van der Waals surface area contributed by atoms with Crippen LogP contribution in [0.3, 0.4) is 0 Å². The number of aliphatic hydroxyl groups is 2. The van der Waals surface area contributed by atoms with E-state index in [1.54, 1.807) is 18.3 Å². The van der Waals surface area contributed by atoms with Gasteiger partial charge in [-0.25, -0.2) is 0 Å². The molecule has 1 aromatic carbocycles. The Kier molecular flexibility index (Phi) is 7.61. The van der Waals surface area contributed by atoms with Crippen molar-refractivity contribution < 1.29 is 15.0 Å². The lowest BCUT2D eigenvalue weighted by Crippen LogP contribution is -2.56. The van der Waals surface area contributed by atoms with E-state index in [4.69, 9.17) is 6.42 Å². The Bertz CT molecular complexity index is 961. The molecule has 0 bridgehead atoms. The van der Waals surface area contributed by atoms with E-state index < -0.39 is 12.1 Å². The van der Waals surface area contributed by atoms with Crippen molar-refractivity contribution in [3.8, 4) is 12.3 Å². The van der Waals surface area contributed by atoms with E-state index in [9.17, 15) is 15.0 Å². The van der Waals surface area contributed by atoms with Crippen LogP contribution in [0, 0.1) is 12.3 Å². The average molecular weight is 408 g/mol. The molecule has 1 aliphatic rings. The number of allylic oxidation sites excluding steroid dienone is 2. The van der Waals surface area contributed by atoms with Crippen molar-refractivity contribution in [3.63, 3.8) is 0 Å². The van der Waals surface area contributed by atoms with Gasteiger partial charge in [0, 0.05) is 55.4 Å². The second-order valence-electron chi connectivity index (χ2n) is 7.39. The number of hydrogen-bond acceptors (Lipinski definition) is 5. The maximum atomic E-state index is 13.3. The fraction of sp³-hybridized carbons (Fsp3) is 0.375. The first kappa shape index (κ1) is 22.0. The summed E-state index contributed by atoms with van der Waals surface area (Å²) in [7, 11) is 0. The van der Waals surface area contributed by atoms with Crippen LogP contribution in [0.25, 0.3) is 10.9 Å². The molecule has 6 nitrogen and oxygen atoms in total. The number of para-hydroxylation sites is 1. The monoisotopic (exact) mass is 407 g/mol. The molecule has 158 valence electrons. The second kappa shape index (κ2) is 10.4. The molecule has 3 rings (SSSR count). The lowest BCUT2D eigenvalue weighted by Gasteiger charge is -2.41. The zero-order chi connectivity index (χ0) is 21.5. The zero-order valence-electron chi connectivity index (χ0n) is 17.3. The highest BCUT2D eigenvalue weighted by molar-refractivity contribution is 6.10. The van der Waals surface area contributed by atoms with E-state index in [-0.39, 0.29) is 12.4 Å². The second-order valence-corrected chi connectivity index (χ2v) is 7.39. The van der Waals surface area contributed by atoms with Gasteiger partial charge in [-0.05, 0) is 30.7 Å². The molecule has 3 N–H and O–H groups in total. The van der Waals surface area contributed by atoms with Crippen LogP contribution in [0.1, 0.15) is 17.3 Å². The summed E-state index contributed by atoms with van der Waals surface area (Å²) in [6, 6.07) is 7.06. The number of fused-ring (bicyclic) bond motifs is 1. The van der Waals surface area contributed by atoms with E-state index in [1.807, 2.05) is 37.3 Å². The lowest BCUT2D eigenvalue weighted by atomic mass is 9.92. The summed E-state index contributed by atoms with van der Waals surface area (Å²) in [4.78, 5) is 20.7. The number of nitrogens with one attached hydrogen (secondary N) is 1. The third-order valence-electron chi connectivity index (χ3n) is 5.69. The Balaban J connectivity index is 1.90. The predicted molar refractivity (Wildman–Crippen MR) is 119 cm³/mol. The number of hydrogen-bond donors (Lipinski definition) is 3. The summed E-state index contributed by atoms with van der Waals surface area (Å²) in [6.07, 6.45) is 11.1. The summed E-state index contributed by atoms with van der Waals surface area (Å²) in [5.41, 5.74) is 2.16. The lowest BCUT2D eigenvalue weighted by molar-refractivity contribution is 0.0300. The summed E-state index contributed by atoms with van der Waals surface area (Å²) < 4.78 is 0. The van der Waals surface area contributed by atoms with E-state index in [0.717, 1.165) is 29.6 Å². The topological polar surface area (TPSA) is 79.8 Å². The minimum absolute atomic E-state index is 0.121. The molecule has 1 aliphatic heterocycles. The number of β-amino-alcohol motifs (C(OH)–C–C–N with tert-alkyl or cyclic N) is 1. The van der Waals surface area contributed by atoms with Crippen molar-refractivity contribution in [2.75, 3.05) is 39.3 Å². The van der Waals surface area contributed by atoms with Crippen molar-refractivity contribution in [2.24, 2.45) is 0 Å². The number of ketones is 1. The van der Waals surface area contributed by atoms with E-state index in [1.165, 1.54) is 0 Å². The molecule has 2 aromatic rings. The molecule has 30 heavy (non-hydrogen) atoms. The highest BCUT2D eigenvalue weighted by atomic mass is 16.3. The number of carbonyl (C=O) groups excluding carboxylic acids is 1. The van der Waals surface area contributed by atoms with E-state index >= 15 is 0 Å². The quantitative estimate of drug-likeness (QED) is 0.353. The molecule has 0 amide bonds. The number of aromatic nitrogens is 1. The molecule has 2 unspecified atom stereocenters. The molecule has 1 aromatic heterocycles. The van der Waals surface area contributed by atoms with Gasteiger partial charge in [-0.1, -0.05) is 30.2 Å². The number of terminal acetylenes is 1. The smallest absolute Gasteiger partial charge is 0.195 e. The third-order valence-corrected chi connectivity index (χ3v) is 5.69. The first-order valence-corrected chi connectivity index (χ1v) is 10.2. The number of H-pyrrole nitrogens is 1. The van der Waals surface area contributed by atoms with Gasteiger partial charge in [0.25, 0.3) is 0 Å². The molecule has 1 fully saturated rings. The molecule has 1 saturated heterocycles. The number of nitrogens with zero attached hydrogens (tertiary/aromatic N) is 2. The minimum atomic E-state index is -1.23. The number of aromatic amines is 1. The SMILES string of the molecule is C#C/C=C\C(=C/C)C(C(O)C(=O)c1c[nH]c2ccccc12)N1CCN(CCO)CC1. The van der Waals surface area contributed by atoms with Crippen molar-refractivity contribution in [1.29, 1.82) is 0 Å². The van der Waals surface area contributed by atoms with Crippen LogP contribution in [0.4, 0.5) is 0 Å². The molecule has 2 heterocycles. The molecular formula is C24H29N3O3.